The van der Waals surface area contributed by atoms with Gasteiger partial charge in [0.25, 0.3) is 5.56 Å². The van der Waals surface area contributed by atoms with Crippen molar-refractivity contribution in [3.05, 3.63) is 51.4 Å². The van der Waals surface area contributed by atoms with Crippen LogP contribution in [0.25, 0.3) is 21.3 Å². The highest BCUT2D eigenvalue weighted by Gasteiger charge is 2.20. The number of hydrogen-bond acceptors (Lipinski definition) is 5. The molecule has 0 aliphatic rings. The minimum Gasteiger partial charge on any atom is -0.467 e. The molecule has 1 atom stereocenters. The summed E-state index contributed by atoms with van der Waals surface area (Å²) in [7, 11) is 1.31. The molecule has 1 unspecified atom stereocenters. The minimum absolute atomic E-state index is 0.229. The molecule has 0 radical (unpaired) electrons. The van der Waals surface area contributed by atoms with E-state index in [0.29, 0.717) is 10.2 Å². The smallest absolute Gasteiger partial charge is 0.328 e. The summed E-state index contributed by atoms with van der Waals surface area (Å²) in [4.78, 5) is 29.7. The van der Waals surface area contributed by atoms with E-state index in [0.717, 1.165) is 11.1 Å². The Labute approximate surface area is 143 Å². The van der Waals surface area contributed by atoms with Crippen molar-refractivity contribution in [2.75, 3.05) is 7.11 Å². The number of methoxy groups -OCH3 is 1. The summed E-state index contributed by atoms with van der Waals surface area (Å²) in [6.07, 6.45) is 1.41. The molecular formula is C18H18N2O3S. The largest absolute Gasteiger partial charge is 0.467 e. The lowest BCUT2D eigenvalue weighted by molar-refractivity contribution is -0.144. The molecule has 5 nitrogen and oxygen atoms in total. The number of aryl methyl sites for hydroxylation is 2. The van der Waals surface area contributed by atoms with E-state index >= 15 is 0 Å². The van der Waals surface area contributed by atoms with Gasteiger partial charge in [-0.05, 0) is 37.5 Å². The third-order valence-electron chi connectivity index (χ3n) is 4.30. The Hall–Kier alpha value is -2.47. The van der Waals surface area contributed by atoms with Crippen LogP contribution < -0.4 is 5.56 Å². The first kappa shape index (κ1) is 16.4. The van der Waals surface area contributed by atoms with E-state index in [4.69, 9.17) is 4.74 Å². The average molecular weight is 342 g/mol. The predicted octanol–water partition coefficient (Wildman–Crippen LogP) is 3.48. The van der Waals surface area contributed by atoms with Gasteiger partial charge < -0.3 is 4.74 Å². The van der Waals surface area contributed by atoms with E-state index in [1.165, 1.54) is 40.5 Å². The van der Waals surface area contributed by atoms with Crippen molar-refractivity contribution < 1.29 is 9.53 Å². The van der Waals surface area contributed by atoms with Crippen LogP contribution in [-0.4, -0.2) is 22.6 Å². The molecule has 0 aliphatic heterocycles. The van der Waals surface area contributed by atoms with Gasteiger partial charge in [0.1, 0.15) is 10.9 Å². The van der Waals surface area contributed by atoms with Crippen molar-refractivity contribution >= 4 is 27.5 Å². The van der Waals surface area contributed by atoms with Crippen LogP contribution in [0, 0.1) is 13.8 Å². The molecule has 6 heteroatoms. The number of carbonyl (C=O) groups is 1. The lowest BCUT2D eigenvalue weighted by Crippen LogP contribution is -2.29. The maximum Gasteiger partial charge on any atom is 0.328 e. The van der Waals surface area contributed by atoms with Crippen LogP contribution in [0.4, 0.5) is 0 Å². The zero-order chi connectivity index (χ0) is 17.4. The monoisotopic (exact) mass is 342 g/mol. The SMILES string of the molecule is COC(=O)C(C)n1cnc2scc(-c3ccc(C)c(C)c3)c2c1=O. The molecular weight excluding hydrogens is 324 g/mol. The van der Waals surface area contributed by atoms with E-state index in [2.05, 4.69) is 18.0 Å². The number of hydrogen-bond donors (Lipinski definition) is 0. The van der Waals surface area contributed by atoms with E-state index in [1.54, 1.807) is 6.92 Å². The van der Waals surface area contributed by atoms with Crippen molar-refractivity contribution in [2.45, 2.75) is 26.8 Å². The maximum atomic E-state index is 12.9. The van der Waals surface area contributed by atoms with Crippen LogP contribution in [-0.2, 0) is 9.53 Å². The molecule has 0 aliphatic carbocycles. The van der Waals surface area contributed by atoms with Crippen molar-refractivity contribution in [1.82, 2.24) is 9.55 Å². The molecule has 0 amide bonds. The molecule has 3 rings (SSSR count). The summed E-state index contributed by atoms with van der Waals surface area (Å²) >= 11 is 1.43. The van der Waals surface area contributed by atoms with Crippen LogP contribution in [0.5, 0.6) is 0 Å². The molecule has 0 spiro atoms. The number of nitrogens with zero attached hydrogens (tertiary/aromatic N) is 2. The zero-order valence-corrected chi connectivity index (χ0v) is 14.8. The summed E-state index contributed by atoms with van der Waals surface area (Å²) < 4.78 is 6.06. The number of esters is 1. The molecule has 2 aromatic heterocycles. The Kier molecular flexibility index (Phi) is 4.24. The first-order valence-electron chi connectivity index (χ1n) is 7.57. The van der Waals surface area contributed by atoms with Crippen molar-refractivity contribution in [1.29, 1.82) is 0 Å². The van der Waals surface area contributed by atoms with Gasteiger partial charge in [-0.1, -0.05) is 18.2 Å². The highest BCUT2D eigenvalue weighted by atomic mass is 32.1. The molecule has 0 fully saturated rings. The van der Waals surface area contributed by atoms with E-state index in [-0.39, 0.29) is 5.56 Å². The third kappa shape index (κ3) is 2.63. The zero-order valence-electron chi connectivity index (χ0n) is 14.0. The van der Waals surface area contributed by atoms with E-state index < -0.39 is 12.0 Å². The van der Waals surface area contributed by atoms with E-state index in [1.807, 2.05) is 24.4 Å². The van der Waals surface area contributed by atoms with Gasteiger partial charge >= 0.3 is 5.97 Å². The summed E-state index contributed by atoms with van der Waals surface area (Å²) in [5.74, 6) is -0.471. The molecule has 3 aromatic rings. The fourth-order valence-electron chi connectivity index (χ4n) is 2.63. The number of ether oxygens (including phenoxy) is 1. The number of carbonyl (C=O) groups excluding carboxylic acids is 1. The topological polar surface area (TPSA) is 61.2 Å². The summed E-state index contributed by atoms with van der Waals surface area (Å²) in [6.45, 7) is 5.73. The van der Waals surface area contributed by atoms with Crippen LogP contribution in [0.2, 0.25) is 0 Å². The van der Waals surface area contributed by atoms with Gasteiger partial charge in [-0.2, -0.15) is 0 Å². The first-order chi connectivity index (χ1) is 11.4. The van der Waals surface area contributed by atoms with Gasteiger partial charge in [-0.3, -0.25) is 9.36 Å². The number of benzene rings is 1. The number of thiophene rings is 1. The van der Waals surface area contributed by atoms with Gasteiger partial charge in [-0.25, -0.2) is 9.78 Å². The average Bonchev–Trinajstić information content (AvgIpc) is 3.01. The first-order valence-corrected chi connectivity index (χ1v) is 8.45. The quantitative estimate of drug-likeness (QED) is 0.684. The van der Waals surface area contributed by atoms with Crippen LogP contribution in [0.1, 0.15) is 24.1 Å². The Balaban J connectivity index is 2.22. The second-order valence-electron chi connectivity index (χ2n) is 5.78. The third-order valence-corrected chi connectivity index (χ3v) is 5.18. The Bertz CT molecular complexity index is 988. The molecule has 24 heavy (non-hydrogen) atoms. The molecule has 0 N–H and O–H groups in total. The maximum absolute atomic E-state index is 12.9. The lowest BCUT2D eigenvalue weighted by atomic mass is 10.0. The van der Waals surface area contributed by atoms with Gasteiger partial charge in [0, 0.05) is 10.9 Å². The fraction of sp³-hybridized carbons (Fsp3) is 0.278. The highest BCUT2D eigenvalue weighted by molar-refractivity contribution is 7.17. The Morgan fingerprint density at radius 3 is 2.71 bits per heavy atom. The number of rotatable bonds is 3. The van der Waals surface area contributed by atoms with Crippen LogP contribution >= 0.6 is 11.3 Å². The second-order valence-corrected chi connectivity index (χ2v) is 6.64. The molecule has 0 saturated carbocycles. The number of fused-ring (bicyclic) bond motifs is 1. The molecule has 1 aromatic carbocycles. The number of aromatic nitrogens is 2. The van der Waals surface area contributed by atoms with Crippen molar-refractivity contribution in [3.8, 4) is 11.1 Å². The van der Waals surface area contributed by atoms with Crippen LogP contribution in [0.3, 0.4) is 0 Å². The molecule has 0 bridgehead atoms. The minimum atomic E-state index is -0.716. The van der Waals surface area contributed by atoms with Crippen LogP contribution in [0.15, 0.2) is 34.7 Å². The molecule has 124 valence electrons. The summed E-state index contributed by atoms with van der Waals surface area (Å²) in [5.41, 5.74) is 3.97. The Morgan fingerprint density at radius 2 is 2.04 bits per heavy atom. The normalized spacial score (nSPS) is 12.3. The predicted molar refractivity (Wildman–Crippen MR) is 95.5 cm³/mol. The van der Waals surface area contributed by atoms with Gasteiger partial charge in [0.15, 0.2) is 0 Å². The lowest BCUT2D eigenvalue weighted by Gasteiger charge is -2.12. The van der Waals surface area contributed by atoms with Crippen molar-refractivity contribution in [3.63, 3.8) is 0 Å². The van der Waals surface area contributed by atoms with Gasteiger partial charge in [-0.15, -0.1) is 11.3 Å². The molecule has 2 heterocycles. The standard InChI is InChI=1S/C18H18N2O3S/c1-10-5-6-13(7-11(10)2)14-8-24-16-15(14)17(21)20(9-19-16)12(3)18(22)23-4/h5-9,12H,1-4H3. The van der Waals surface area contributed by atoms with Gasteiger partial charge in [0.2, 0.25) is 0 Å². The summed E-state index contributed by atoms with van der Waals surface area (Å²) in [5, 5.41) is 2.48. The highest BCUT2D eigenvalue weighted by Crippen LogP contribution is 2.31. The van der Waals surface area contributed by atoms with Crippen molar-refractivity contribution in [2.24, 2.45) is 0 Å². The molecule has 0 saturated heterocycles. The second kappa shape index (κ2) is 6.20. The van der Waals surface area contributed by atoms with E-state index in [9.17, 15) is 9.59 Å². The fourth-order valence-corrected chi connectivity index (χ4v) is 3.53. The Morgan fingerprint density at radius 1 is 1.29 bits per heavy atom. The van der Waals surface area contributed by atoms with Gasteiger partial charge in [0.05, 0.1) is 18.8 Å². The summed E-state index contributed by atoms with van der Waals surface area (Å²) in [6, 6.07) is 5.40.